The molecule has 3 rings (SSSR count). The van der Waals surface area contributed by atoms with Crippen LogP contribution in [-0.2, 0) is 50.7 Å². The van der Waals surface area contributed by atoms with Crippen LogP contribution in [0.1, 0.15) is 149 Å². The van der Waals surface area contributed by atoms with Crippen molar-refractivity contribution in [1.29, 1.82) is 0 Å². The third-order valence-electron chi connectivity index (χ3n) is 11.2. The van der Waals surface area contributed by atoms with Crippen molar-refractivity contribution >= 4 is 69.1 Å². The van der Waals surface area contributed by atoms with Gasteiger partial charge in [-0.25, -0.2) is 19.3 Å². The molecule has 0 spiro atoms. The number of nitrogens with one attached hydrogen (secondary N) is 2. The van der Waals surface area contributed by atoms with E-state index >= 15 is 0 Å². The van der Waals surface area contributed by atoms with E-state index in [1.165, 1.54) is 104 Å². The maximum absolute atomic E-state index is 12.7. The molecule has 2 amide bonds. The number of aromatic nitrogens is 4. The Hall–Kier alpha value is -2.44. The van der Waals surface area contributed by atoms with Gasteiger partial charge in [0.1, 0.15) is 36.3 Å². The zero-order valence-corrected chi connectivity index (χ0v) is 43.1. The first kappa shape index (κ1) is 60.9. The summed E-state index contributed by atoms with van der Waals surface area (Å²) >= 11 is 1.15. The van der Waals surface area contributed by atoms with Gasteiger partial charge in [0.2, 0.25) is 11.8 Å². The number of fused-ring (bicyclic) bond motifs is 1. The monoisotopic (exact) mass is 1060 g/mol. The SMILES string of the molecule is CCCCCCCCCCCCCCCCCCCC(=O)SCCNC(=O)CCNC(=O)[C@H](O)C(C)(C)COP(=O)([O-])OP(=O)([O-])OC[C@H]1O[C@@H](n2cnc3c(N)ncnc32)[C@H](O)[C@@H]1OP(=O)([O-])[O-]. The van der Waals surface area contributed by atoms with Crippen LogP contribution in [0.5, 0.6) is 0 Å². The summed E-state index contributed by atoms with van der Waals surface area (Å²) in [4.78, 5) is 96.9. The number of imidazole rings is 1. The van der Waals surface area contributed by atoms with Crippen LogP contribution in [0.3, 0.4) is 0 Å². The molecule has 1 fully saturated rings. The molecule has 0 aliphatic carbocycles. The van der Waals surface area contributed by atoms with E-state index in [4.69, 9.17) is 10.5 Å². The van der Waals surface area contributed by atoms with Gasteiger partial charge in [0.15, 0.2) is 22.8 Å². The van der Waals surface area contributed by atoms with Crippen molar-refractivity contribution in [3.63, 3.8) is 0 Å². The van der Waals surface area contributed by atoms with Crippen LogP contribution in [-0.4, -0.2) is 103 Å². The summed E-state index contributed by atoms with van der Waals surface area (Å²) in [5.74, 6) is -1.12. The molecule has 2 aromatic heterocycles. The number of hydrogen-bond donors (Lipinski definition) is 5. The summed E-state index contributed by atoms with van der Waals surface area (Å²) < 4.78 is 60.9. The van der Waals surface area contributed by atoms with Crippen LogP contribution in [0.25, 0.3) is 11.2 Å². The molecule has 0 bridgehead atoms. The van der Waals surface area contributed by atoms with Gasteiger partial charge in [0, 0.05) is 37.1 Å². The number of aliphatic hydroxyl groups is 2. The number of nitrogens with zero attached hydrogens (tertiary/aromatic N) is 4. The molecule has 3 heterocycles. The minimum absolute atomic E-state index is 0.0176. The molecule has 28 heteroatoms. The molecule has 2 unspecified atom stereocenters. The lowest BCUT2D eigenvalue weighted by Crippen LogP contribution is -2.46. The van der Waals surface area contributed by atoms with Gasteiger partial charge in [-0.05, 0) is 6.42 Å². The van der Waals surface area contributed by atoms with Crippen LogP contribution in [0, 0.1) is 5.41 Å². The van der Waals surface area contributed by atoms with E-state index in [1.54, 1.807) is 0 Å². The summed E-state index contributed by atoms with van der Waals surface area (Å²) in [5, 5.41) is 26.5. The molecule has 0 aromatic carbocycles. The molecular weight excluding hydrogens is 987 g/mol. The average molecular weight is 1060 g/mol. The highest BCUT2D eigenvalue weighted by molar-refractivity contribution is 8.13. The second-order valence-corrected chi connectivity index (χ2v) is 22.8. The fourth-order valence-electron chi connectivity index (χ4n) is 7.34. The second-order valence-electron chi connectivity index (χ2n) is 17.6. The fourth-order valence-corrected chi connectivity index (χ4v) is 10.8. The van der Waals surface area contributed by atoms with E-state index in [0.717, 1.165) is 48.2 Å². The van der Waals surface area contributed by atoms with Gasteiger partial charge in [-0.15, -0.1) is 0 Å². The smallest absolute Gasteiger partial charge is 0.274 e. The van der Waals surface area contributed by atoms with Crippen molar-refractivity contribution in [2.24, 2.45) is 5.41 Å². The second kappa shape index (κ2) is 30.6. The minimum Gasteiger partial charge on any atom is -0.790 e. The number of phosphoric acid groups is 3. The maximum Gasteiger partial charge on any atom is 0.274 e. The van der Waals surface area contributed by atoms with E-state index in [-0.39, 0.29) is 41.6 Å². The van der Waals surface area contributed by atoms with Gasteiger partial charge >= 0.3 is 0 Å². The Balaban J connectivity index is 1.27. The van der Waals surface area contributed by atoms with Gasteiger partial charge in [0.05, 0.1) is 27.4 Å². The molecule has 0 radical (unpaired) electrons. The summed E-state index contributed by atoms with van der Waals surface area (Å²) in [6.07, 6.45) is 14.4. The number of phosphoric ester groups is 3. The van der Waals surface area contributed by atoms with Crippen molar-refractivity contribution in [2.75, 3.05) is 37.8 Å². The first-order chi connectivity index (χ1) is 32.6. The Morgan fingerprint density at radius 2 is 1.41 bits per heavy atom. The molecule has 24 nitrogen and oxygen atoms in total. The van der Waals surface area contributed by atoms with E-state index in [0.29, 0.717) is 12.2 Å². The maximum atomic E-state index is 12.7. The minimum atomic E-state index is -5.92. The van der Waals surface area contributed by atoms with Gasteiger partial charge < -0.3 is 69.0 Å². The van der Waals surface area contributed by atoms with Crippen LogP contribution in [0.2, 0.25) is 0 Å². The highest BCUT2D eigenvalue weighted by Crippen LogP contribution is 2.56. The third-order valence-corrected chi connectivity index (χ3v) is 15.2. The standard InChI is InChI=1S/C41H74N7O17P3S/c1-4-5-6-7-8-9-10-11-12-13-14-15-16-17-18-19-20-21-32(50)69-25-24-43-31(49)22-23-44-39(53)36(52)41(2,3)27-62-68(59,60)65-67(57,58)61-26-30-35(64-66(54,55)56)34(51)40(63-30)48-29-47-33-37(42)45-28-46-38(33)48/h28-30,34-36,40,51-52H,4-27H2,1-3H3,(H,43,49)(H,44,53)(H,57,58)(H,59,60)(H2,42,45,46)(H2,54,55,56)/p-4/t30-,34-,35-,36+,40-/m1/s1. The first-order valence-electron chi connectivity index (χ1n) is 23.5. The zero-order chi connectivity index (χ0) is 51.1. The molecule has 1 saturated heterocycles. The molecule has 69 heavy (non-hydrogen) atoms. The molecule has 2 aromatic rings. The van der Waals surface area contributed by atoms with Crippen LogP contribution in [0.4, 0.5) is 5.82 Å². The van der Waals surface area contributed by atoms with Crippen molar-refractivity contribution < 1.29 is 80.5 Å². The van der Waals surface area contributed by atoms with Crippen molar-refractivity contribution in [3.05, 3.63) is 12.7 Å². The molecule has 1 aliphatic heterocycles. The van der Waals surface area contributed by atoms with E-state index in [9.17, 15) is 57.9 Å². The number of carbonyl (C=O) groups excluding carboxylic acids is 3. The lowest BCUT2D eigenvalue weighted by atomic mass is 9.87. The van der Waals surface area contributed by atoms with E-state index < -0.39 is 84.6 Å². The normalized spacial score (nSPS) is 19.8. The summed E-state index contributed by atoms with van der Waals surface area (Å²) in [6, 6.07) is 0. The quantitative estimate of drug-likeness (QED) is 0.0479. The van der Waals surface area contributed by atoms with Gasteiger partial charge in [-0.1, -0.05) is 135 Å². The Morgan fingerprint density at radius 1 is 0.841 bits per heavy atom. The molecule has 0 saturated carbocycles. The van der Waals surface area contributed by atoms with Crippen LogP contribution in [0.15, 0.2) is 12.7 Å². The Kier molecular flexibility index (Phi) is 27.0. The Morgan fingerprint density at radius 3 is 1.99 bits per heavy atom. The summed E-state index contributed by atoms with van der Waals surface area (Å²) in [7, 11) is -17.6. The van der Waals surface area contributed by atoms with Crippen molar-refractivity contribution in [3.8, 4) is 0 Å². The fraction of sp³-hybridized carbons (Fsp3) is 0.805. The van der Waals surface area contributed by atoms with Gasteiger partial charge in [-0.3, -0.25) is 28.1 Å². The largest absolute Gasteiger partial charge is 0.790 e. The number of hydrogen-bond acceptors (Lipinski definition) is 22. The first-order valence-corrected chi connectivity index (χ1v) is 28.9. The lowest BCUT2D eigenvalue weighted by Gasteiger charge is -2.36. The van der Waals surface area contributed by atoms with Crippen LogP contribution >= 0.6 is 35.2 Å². The topological polar surface area (TPSA) is 375 Å². The zero-order valence-electron chi connectivity index (χ0n) is 39.6. The number of ether oxygens (including phenoxy) is 1. The lowest BCUT2D eigenvalue weighted by molar-refractivity contribution is -0.347. The predicted molar refractivity (Wildman–Crippen MR) is 247 cm³/mol. The number of aliphatic hydroxyl groups excluding tert-OH is 2. The van der Waals surface area contributed by atoms with Crippen LogP contribution < -0.4 is 35.9 Å². The molecule has 1 aliphatic rings. The number of amides is 2. The van der Waals surface area contributed by atoms with Gasteiger partial charge in [0.25, 0.3) is 15.6 Å². The number of nitrogen functional groups attached to an aromatic ring is 1. The highest BCUT2D eigenvalue weighted by Gasteiger charge is 2.47. The van der Waals surface area contributed by atoms with Crippen molar-refractivity contribution in [1.82, 2.24) is 30.2 Å². The highest BCUT2D eigenvalue weighted by atomic mass is 32.2. The number of unbranched alkanes of at least 4 members (excludes halogenated alkanes) is 16. The number of nitrogens with two attached hydrogens (primary N) is 1. The Labute approximate surface area is 407 Å². The number of thioether (sulfide) groups is 1. The molecule has 396 valence electrons. The number of anilines is 1. The Bertz CT molecular complexity index is 2030. The molecule has 7 atom stereocenters. The molecule has 6 N–H and O–H groups in total. The summed E-state index contributed by atoms with van der Waals surface area (Å²) in [6.45, 7) is 2.43. The van der Waals surface area contributed by atoms with E-state index in [2.05, 4.69) is 50.4 Å². The number of carbonyl (C=O) groups is 3. The van der Waals surface area contributed by atoms with Gasteiger partial charge in [-0.2, -0.15) is 0 Å². The predicted octanol–water partition coefficient (Wildman–Crippen LogP) is 3.18. The number of rotatable bonds is 37. The average Bonchev–Trinajstić information content (AvgIpc) is 3.84. The molecular formula is C41H70N7O17P3S-4. The third kappa shape index (κ3) is 23.3. The summed E-state index contributed by atoms with van der Waals surface area (Å²) in [5.41, 5.74) is 4.10. The van der Waals surface area contributed by atoms with Crippen molar-refractivity contribution in [2.45, 2.75) is 173 Å². The van der Waals surface area contributed by atoms with E-state index in [1.807, 2.05) is 0 Å².